The molecule has 3 aromatic heterocycles. The van der Waals surface area contributed by atoms with E-state index in [9.17, 15) is 33.7 Å². The van der Waals surface area contributed by atoms with Gasteiger partial charge in [-0.1, -0.05) is 17.3 Å². The molecule has 0 saturated heterocycles. The van der Waals surface area contributed by atoms with Gasteiger partial charge < -0.3 is 38.6 Å². The standard InChI is InChI=1S/C36H45FN5O14PS/c1-26-6-7-27-19-32(58-31(27)18-26)30-8-9-33(38-36(30)37)41(12-13-43)10-11-42-20-28(39-40-42)21-53-35(47)4-2-14-50-16-17-52-34(46)5-3-15-55-57(48,49)56-23-29(54-25-45)22-51-24-44/h6-9,18-20,24-25,29,43H,2-5,10-17,21-23H2,1H3,(H,48,49). The largest absolute Gasteiger partial charge is 0.472 e. The molecule has 58 heavy (non-hydrogen) atoms. The number of phosphoric ester groups is 1. The normalized spacial score (nSPS) is 12.8. The first-order valence-corrected chi connectivity index (χ1v) is 20.4. The van der Waals surface area contributed by atoms with Crippen molar-refractivity contribution in [2.24, 2.45) is 0 Å². The molecule has 3 heterocycles. The first-order valence-electron chi connectivity index (χ1n) is 18.1. The number of phosphoric acid groups is 1. The van der Waals surface area contributed by atoms with E-state index in [-0.39, 0.29) is 85.0 Å². The molecule has 22 heteroatoms. The van der Waals surface area contributed by atoms with Crippen LogP contribution in [0.25, 0.3) is 20.5 Å². The number of thiophene rings is 1. The lowest BCUT2D eigenvalue weighted by molar-refractivity contribution is -0.145. The summed E-state index contributed by atoms with van der Waals surface area (Å²) >= 11 is 1.50. The SMILES string of the molecule is Cc1ccc2cc(-c3ccc(N(CCO)CCn4cc(COC(=O)CCCOCCOC(=O)CCCOP(=O)(O)OCC(COC=O)OC=O)nn4)nc3F)sc2c1. The van der Waals surface area contributed by atoms with E-state index in [1.165, 1.54) is 11.3 Å². The summed E-state index contributed by atoms with van der Waals surface area (Å²) in [6.07, 6.45) is 0.870. The molecular formula is C36H45FN5O14PS. The maximum atomic E-state index is 15.2. The summed E-state index contributed by atoms with van der Waals surface area (Å²) < 4.78 is 63.9. The zero-order valence-electron chi connectivity index (χ0n) is 31.6. The van der Waals surface area contributed by atoms with Crippen molar-refractivity contribution in [2.75, 3.05) is 64.2 Å². The summed E-state index contributed by atoms with van der Waals surface area (Å²) in [7, 11) is -4.53. The van der Waals surface area contributed by atoms with E-state index in [0.29, 0.717) is 36.6 Å². The molecule has 4 aromatic rings. The first-order chi connectivity index (χ1) is 28.0. The fourth-order valence-electron chi connectivity index (χ4n) is 5.15. The fraction of sp³-hybridized carbons (Fsp3) is 0.472. The van der Waals surface area contributed by atoms with Crippen LogP contribution in [0.15, 0.2) is 42.6 Å². The Morgan fingerprint density at radius 2 is 1.78 bits per heavy atom. The van der Waals surface area contributed by atoms with Gasteiger partial charge in [-0.15, -0.1) is 16.4 Å². The van der Waals surface area contributed by atoms with E-state index in [4.69, 9.17) is 18.7 Å². The Labute approximate surface area is 336 Å². The Bertz CT molecular complexity index is 1980. The minimum Gasteiger partial charge on any atom is -0.464 e. The number of ether oxygens (including phenoxy) is 5. The minimum absolute atomic E-state index is 0.0434. The zero-order valence-corrected chi connectivity index (χ0v) is 33.4. The van der Waals surface area contributed by atoms with Crippen LogP contribution in [-0.4, -0.2) is 120 Å². The second kappa shape index (κ2) is 24.1. The molecule has 0 aliphatic carbocycles. The molecule has 0 aliphatic heterocycles. The average Bonchev–Trinajstić information content (AvgIpc) is 3.84. The van der Waals surface area contributed by atoms with Gasteiger partial charge in [0.25, 0.3) is 12.9 Å². The van der Waals surface area contributed by atoms with Crippen LogP contribution in [0.3, 0.4) is 0 Å². The zero-order chi connectivity index (χ0) is 41.8. The second-order valence-corrected chi connectivity index (χ2v) is 15.0. The highest BCUT2D eigenvalue weighted by Crippen LogP contribution is 2.43. The molecule has 1 aromatic carbocycles. The lowest BCUT2D eigenvalue weighted by atomic mass is 10.1. The molecule has 2 N–H and O–H groups in total. The summed E-state index contributed by atoms with van der Waals surface area (Å²) in [4.78, 5) is 61.2. The Morgan fingerprint density at radius 3 is 2.53 bits per heavy atom. The number of aryl methyl sites for hydroxylation is 1. The summed E-state index contributed by atoms with van der Waals surface area (Å²) in [5.74, 6) is -1.29. The molecule has 0 fully saturated rings. The van der Waals surface area contributed by atoms with Gasteiger partial charge in [-0.05, 0) is 55.0 Å². The Balaban J connectivity index is 1.05. The van der Waals surface area contributed by atoms with Crippen LogP contribution in [0.1, 0.15) is 36.9 Å². The van der Waals surface area contributed by atoms with Gasteiger partial charge in [0.2, 0.25) is 5.95 Å². The molecule has 0 radical (unpaired) electrons. The molecule has 4 rings (SSSR count). The van der Waals surface area contributed by atoms with Crippen LogP contribution in [0.5, 0.6) is 0 Å². The van der Waals surface area contributed by atoms with Gasteiger partial charge in [0, 0.05) is 47.7 Å². The number of hydrogen-bond donors (Lipinski definition) is 2. The smallest absolute Gasteiger partial charge is 0.464 e. The third-order valence-corrected chi connectivity index (χ3v) is 10.1. The number of aliphatic hydroxyl groups excluding tert-OH is 1. The van der Waals surface area contributed by atoms with E-state index in [0.717, 1.165) is 20.5 Å². The number of halogens is 1. The number of rotatable bonds is 29. The van der Waals surface area contributed by atoms with Crippen LogP contribution in [0, 0.1) is 12.9 Å². The van der Waals surface area contributed by atoms with Crippen molar-refractivity contribution in [1.82, 2.24) is 20.0 Å². The molecule has 2 atom stereocenters. The van der Waals surface area contributed by atoms with Crippen molar-refractivity contribution in [3.8, 4) is 10.4 Å². The van der Waals surface area contributed by atoms with E-state index < -0.39 is 38.4 Å². The number of fused-ring (bicyclic) bond motifs is 1. The molecule has 2 unspecified atom stereocenters. The van der Waals surface area contributed by atoms with Crippen LogP contribution in [0.2, 0.25) is 0 Å². The molecule has 0 spiro atoms. The van der Waals surface area contributed by atoms with Crippen molar-refractivity contribution in [3.63, 3.8) is 0 Å². The van der Waals surface area contributed by atoms with Gasteiger partial charge in [0.05, 0.1) is 39.2 Å². The quantitative estimate of drug-likeness (QED) is 0.0198. The minimum atomic E-state index is -4.53. The maximum absolute atomic E-state index is 15.2. The molecule has 0 amide bonds. The third kappa shape index (κ3) is 15.8. The second-order valence-electron chi connectivity index (χ2n) is 12.4. The summed E-state index contributed by atoms with van der Waals surface area (Å²) in [6.45, 7) is 1.81. The number of pyridine rings is 1. The van der Waals surface area contributed by atoms with Gasteiger partial charge in [0.1, 0.15) is 31.3 Å². The number of esters is 2. The molecular weight excluding hydrogens is 808 g/mol. The maximum Gasteiger partial charge on any atom is 0.472 e. The van der Waals surface area contributed by atoms with Crippen molar-refractivity contribution >= 4 is 59.9 Å². The first kappa shape index (κ1) is 45.8. The highest BCUT2D eigenvalue weighted by atomic mass is 32.1. The summed E-state index contributed by atoms with van der Waals surface area (Å²) in [6, 6.07) is 11.5. The van der Waals surface area contributed by atoms with Crippen LogP contribution >= 0.6 is 19.2 Å². The number of anilines is 1. The third-order valence-electron chi connectivity index (χ3n) is 8.00. The van der Waals surface area contributed by atoms with Crippen molar-refractivity contribution in [2.45, 2.75) is 51.9 Å². The monoisotopic (exact) mass is 853 g/mol. The fourth-order valence-corrected chi connectivity index (χ4v) is 7.11. The van der Waals surface area contributed by atoms with E-state index in [1.54, 1.807) is 27.9 Å². The molecule has 19 nitrogen and oxygen atoms in total. The Morgan fingerprint density at radius 1 is 0.983 bits per heavy atom. The Kier molecular flexibility index (Phi) is 19.1. The van der Waals surface area contributed by atoms with Gasteiger partial charge in [-0.3, -0.25) is 32.9 Å². The van der Waals surface area contributed by atoms with E-state index in [1.807, 2.05) is 25.1 Å². The van der Waals surface area contributed by atoms with Gasteiger partial charge in [-0.2, -0.15) is 4.39 Å². The lowest BCUT2D eigenvalue weighted by Gasteiger charge is -2.23. The molecule has 0 saturated carbocycles. The number of benzene rings is 1. The van der Waals surface area contributed by atoms with Crippen molar-refractivity contribution in [1.29, 1.82) is 0 Å². The van der Waals surface area contributed by atoms with Gasteiger partial charge in [0.15, 0.2) is 6.10 Å². The van der Waals surface area contributed by atoms with Crippen molar-refractivity contribution in [3.05, 3.63) is 59.8 Å². The predicted molar refractivity (Wildman–Crippen MR) is 204 cm³/mol. The highest BCUT2D eigenvalue weighted by Gasteiger charge is 2.24. The lowest BCUT2D eigenvalue weighted by Crippen LogP contribution is -2.31. The topological polar surface area (TPSA) is 237 Å². The number of carbonyl (C=O) groups is 4. The predicted octanol–water partition coefficient (Wildman–Crippen LogP) is 3.51. The van der Waals surface area contributed by atoms with Gasteiger partial charge in [-0.25, -0.2) is 9.55 Å². The number of aliphatic hydroxyl groups is 1. The van der Waals surface area contributed by atoms with E-state index >= 15 is 4.39 Å². The Hall–Kier alpha value is -4.89. The number of hydrogen-bond acceptors (Lipinski definition) is 18. The van der Waals surface area contributed by atoms with Crippen LogP contribution in [-0.2, 0) is 69.6 Å². The van der Waals surface area contributed by atoms with E-state index in [2.05, 4.69) is 35.4 Å². The van der Waals surface area contributed by atoms with Crippen molar-refractivity contribution < 1.29 is 70.9 Å². The van der Waals surface area contributed by atoms with Gasteiger partial charge >= 0.3 is 19.8 Å². The van der Waals surface area contributed by atoms with Crippen LogP contribution in [0.4, 0.5) is 10.2 Å². The number of carbonyl (C=O) groups excluding carboxylic acids is 4. The average molecular weight is 854 g/mol. The molecule has 316 valence electrons. The molecule has 0 bridgehead atoms. The van der Waals surface area contributed by atoms with Crippen LogP contribution < -0.4 is 4.90 Å². The summed E-state index contributed by atoms with van der Waals surface area (Å²) in [5, 5.41) is 18.8. The summed E-state index contributed by atoms with van der Waals surface area (Å²) in [5.41, 5.74) is 1.96. The number of nitrogens with zero attached hydrogens (tertiary/aromatic N) is 5. The highest BCUT2D eigenvalue weighted by molar-refractivity contribution is 7.47. The molecule has 0 aliphatic rings. The number of aromatic nitrogens is 4.